The van der Waals surface area contributed by atoms with Gasteiger partial charge in [0.25, 0.3) is 0 Å². The van der Waals surface area contributed by atoms with Gasteiger partial charge in [-0.15, -0.1) is 0 Å². The molecule has 0 saturated heterocycles. The van der Waals surface area contributed by atoms with Crippen LogP contribution in [0.3, 0.4) is 0 Å². The van der Waals surface area contributed by atoms with Gasteiger partial charge < -0.3 is 5.11 Å². The fourth-order valence-electron chi connectivity index (χ4n) is 4.13. The van der Waals surface area contributed by atoms with Gasteiger partial charge in [0.1, 0.15) is 0 Å². The number of hydrogen-bond donors (Lipinski definition) is 1. The van der Waals surface area contributed by atoms with Gasteiger partial charge in [-0.05, 0) is 43.6 Å². The van der Waals surface area contributed by atoms with Crippen molar-refractivity contribution in [3.05, 3.63) is 35.4 Å². The number of benzene rings is 1. The highest BCUT2D eigenvalue weighted by molar-refractivity contribution is 5.83. The molecule has 0 heterocycles. The van der Waals surface area contributed by atoms with E-state index < -0.39 is 11.4 Å². The van der Waals surface area contributed by atoms with Gasteiger partial charge in [-0.3, -0.25) is 4.79 Å². The zero-order chi connectivity index (χ0) is 12.8. The van der Waals surface area contributed by atoms with Gasteiger partial charge >= 0.3 is 5.97 Å². The van der Waals surface area contributed by atoms with Crippen molar-refractivity contribution in [2.75, 3.05) is 0 Å². The zero-order valence-corrected chi connectivity index (χ0v) is 10.9. The average Bonchev–Trinajstić information content (AvgIpc) is 2.74. The first-order chi connectivity index (χ1) is 8.56. The number of aliphatic carboxylic acids is 1. The molecule has 0 atom stereocenters. The smallest absolute Gasteiger partial charge is 0.314 e. The molecule has 1 aromatic rings. The summed E-state index contributed by atoms with van der Waals surface area (Å²) in [5.41, 5.74) is 1.91. The molecule has 2 aliphatic carbocycles. The fraction of sp³-hybridized carbons (Fsp3) is 0.562. The molecule has 0 aromatic heterocycles. The predicted molar refractivity (Wildman–Crippen MR) is 70.6 cm³/mol. The summed E-state index contributed by atoms with van der Waals surface area (Å²) < 4.78 is 0. The van der Waals surface area contributed by atoms with Gasteiger partial charge in [-0.2, -0.15) is 0 Å². The third-order valence-electron chi connectivity index (χ3n) is 5.00. The summed E-state index contributed by atoms with van der Waals surface area (Å²) in [5.74, 6) is -0.634. The molecule has 2 heteroatoms. The van der Waals surface area contributed by atoms with Gasteiger partial charge in [-0.25, -0.2) is 0 Å². The highest BCUT2D eigenvalue weighted by Gasteiger charge is 2.60. The van der Waals surface area contributed by atoms with Crippen molar-refractivity contribution in [2.24, 2.45) is 5.41 Å². The molecule has 2 saturated carbocycles. The van der Waals surface area contributed by atoms with Crippen molar-refractivity contribution in [1.82, 2.24) is 0 Å². The van der Waals surface area contributed by atoms with Gasteiger partial charge in [0.15, 0.2) is 0 Å². The van der Waals surface area contributed by atoms with Crippen LogP contribution in [0.1, 0.15) is 49.7 Å². The van der Waals surface area contributed by atoms with E-state index in [4.69, 9.17) is 0 Å². The summed E-state index contributed by atoms with van der Waals surface area (Å²) in [5, 5.41) is 9.67. The first-order valence-electron chi connectivity index (χ1n) is 6.87. The second-order valence-corrected chi connectivity index (χ2v) is 6.32. The predicted octanol–water partition coefficient (Wildman–Crippen LogP) is 3.67. The number of carboxylic acids is 1. The van der Waals surface area contributed by atoms with Crippen LogP contribution in [0, 0.1) is 12.3 Å². The maximum atomic E-state index is 11.8. The maximum Gasteiger partial charge on any atom is 0.314 e. The van der Waals surface area contributed by atoms with E-state index in [-0.39, 0.29) is 0 Å². The minimum absolute atomic E-state index is 0.349. The largest absolute Gasteiger partial charge is 0.481 e. The molecular formula is C16H20O2. The monoisotopic (exact) mass is 244 g/mol. The molecule has 2 nitrogen and oxygen atoms in total. The quantitative estimate of drug-likeness (QED) is 0.861. The molecule has 2 aliphatic rings. The van der Waals surface area contributed by atoms with Crippen LogP contribution in [0.2, 0.25) is 0 Å². The van der Waals surface area contributed by atoms with Crippen LogP contribution in [0.5, 0.6) is 0 Å². The van der Waals surface area contributed by atoms with Crippen LogP contribution in [-0.4, -0.2) is 11.1 Å². The first-order valence-corrected chi connectivity index (χ1v) is 6.87. The SMILES string of the molecule is Cc1cccc(C2(C(=O)O)CC3(CCCC3)C2)c1. The number of carboxylic acid groups (broad SMARTS) is 1. The Balaban J connectivity index is 1.93. The average molecular weight is 244 g/mol. The van der Waals surface area contributed by atoms with Crippen LogP contribution in [0.15, 0.2) is 24.3 Å². The molecule has 96 valence electrons. The molecule has 0 bridgehead atoms. The third kappa shape index (κ3) is 1.58. The Morgan fingerprint density at radius 2 is 1.89 bits per heavy atom. The Labute approximate surface area is 108 Å². The Kier molecular flexibility index (Phi) is 2.51. The van der Waals surface area contributed by atoms with Gasteiger partial charge in [0.05, 0.1) is 5.41 Å². The molecule has 0 aliphatic heterocycles. The van der Waals surface area contributed by atoms with E-state index >= 15 is 0 Å². The molecule has 2 fully saturated rings. The van der Waals surface area contributed by atoms with Crippen molar-refractivity contribution in [2.45, 2.75) is 50.9 Å². The number of aryl methyl sites for hydroxylation is 1. The molecule has 3 rings (SSSR count). The van der Waals surface area contributed by atoms with Gasteiger partial charge in [0, 0.05) is 0 Å². The van der Waals surface area contributed by atoms with E-state index in [9.17, 15) is 9.90 Å². The lowest BCUT2D eigenvalue weighted by molar-refractivity contribution is -0.154. The third-order valence-corrected chi connectivity index (χ3v) is 5.00. The van der Waals surface area contributed by atoms with E-state index in [1.54, 1.807) is 0 Å². The first kappa shape index (κ1) is 11.8. The number of rotatable bonds is 2. The van der Waals surface area contributed by atoms with Gasteiger partial charge in [-0.1, -0.05) is 42.7 Å². The minimum atomic E-state index is -0.634. The molecule has 18 heavy (non-hydrogen) atoms. The second kappa shape index (κ2) is 3.84. The van der Waals surface area contributed by atoms with E-state index in [0.717, 1.165) is 24.0 Å². The van der Waals surface area contributed by atoms with Crippen LogP contribution >= 0.6 is 0 Å². The molecule has 0 unspecified atom stereocenters. The van der Waals surface area contributed by atoms with E-state index in [1.807, 2.05) is 25.1 Å². The zero-order valence-electron chi connectivity index (χ0n) is 10.9. The van der Waals surface area contributed by atoms with Crippen LogP contribution in [-0.2, 0) is 10.2 Å². The van der Waals surface area contributed by atoms with Gasteiger partial charge in [0.2, 0.25) is 0 Å². The molecular weight excluding hydrogens is 224 g/mol. The lowest BCUT2D eigenvalue weighted by Crippen LogP contribution is -2.53. The lowest BCUT2D eigenvalue weighted by Gasteiger charge is -2.53. The second-order valence-electron chi connectivity index (χ2n) is 6.32. The standard InChI is InChI=1S/C16H20O2/c1-12-5-4-6-13(9-12)16(14(17)18)10-15(11-16)7-2-3-8-15/h4-6,9H,2-3,7-8,10-11H2,1H3,(H,17,18). The topological polar surface area (TPSA) is 37.3 Å². The Morgan fingerprint density at radius 3 is 2.44 bits per heavy atom. The Hall–Kier alpha value is -1.31. The van der Waals surface area contributed by atoms with Crippen molar-refractivity contribution in [1.29, 1.82) is 0 Å². The highest BCUT2D eigenvalue weighted by Crippen LogP contribution is 2.63. The van der Waals surface area contributed by atoms with Crippen LogP contribution in [0.25, 0.3) is 0 Å². The van der Waals surface area contributed by atoms with Crippen molar-refractivity contribution in [3.63, 3.8) is 0 Å². The summed E-state index contributed by atoms with van der Waals surface area (Å²) in [6.45, 7) is 2.03. The number of carbonyl (C=O) groups is 1. The summed E-state index contributed by atoms with van der Waals surface area (Å²) >= 11 is 0. The fourth-order valence-corrected chi connectivity index (χ4v) is 4.13. The van der Waals surface area contributed by atoms with Crippen molar-refractivity contribution in [3.8, 4) is 0 Å². The highest BCUT2D eigenvalue weighted by atomic mass is 16.4. The molecule has 0 radical (unpaired) electrons. The summed E-state index contributed by atoms with van der Waals surface area (Å²) in [6, 6.07) is 8.05. The van der Waals surface area contributed by atoms with Crippen molar-refractivity contribution >= 4 is 5.97 Å². The van der Waals surface area contributed by atoms with E-state index in [1.165, 1.54) is 25.7 Å². The normalized spacial score (nSPS) is 23.8. The van der Waals surface area contributed by atoms with Crippen molar-refractivity contribution < 1.29 is 9.90 Å². The van der Waals surface area contributed by atoms with Crippen LogP contribution < -0.4 is 0 Å². The Morgan fingerprint density at radius 1 is 1.22 bits per heavy atom. The molecule has 0 amide bonds. The summed E-state index contributed by atoms with van der Waals surface area (Å²) in [4.78, 5) is 11.8. The lowest BCUT2D eigenvalue weighted by atomic mass is 9.49. The number of hydrogen-bond acceptors (Lipinski definition) is 1. The minimum Gasteiger partial charge on any atom is -0.481 e. The summed E-state index contributed by atoms with van der Waals surface area (Å²) in [6.07, 6.45) is 6.71. The molecule has 1 aromatic carbocycles. The van der Waals surface area contributed by atoms with Crippen LogP contribution in [0.4, 0.5) is 0 Å². The molecule has 1 N–H and O–H groups in total. The molecule has 1 spiro atoms. The Bertz CT molecular complexity index is 476. The summed E-state index contributed by atoms with van der Waals surface area (Å²) in [7, 11) is 0. The van der Waals surface area contributed by atoms with E-state index in [0.29, 0.717) is 5.41 Å². The maximum absolute atomic E-state index is 11.8. The van der Waals surface area contributed by atoms with E-state index in [2.05, 4.69) is 6.07 Å².